The van der Waals surface area contributed by atoms with Crippen LogP contribution in [0.25, 0.3) is 0 Å². The summed E-state index contributed by atoms with van der Waals surface area (Å²) in [5.74, 6) is 0. The fourth-order valence-electron chi connectivity index (χ4n) is 1.54. The molecule has 16 heavy (non-hydrogen) atoms. The van der Waals surface area contributed by atoms with Crippen molar-refractivity contribution in [3.63, 3.8) is 0 Å². The first-order valence-corrected chi connectivity index (χ1v) is 5.86. The van der Waals surface area contributed by atoms with Gasteiger partial charge in [-0.25, -0.2) is 0 Å². The molecule has 0 spiro atoms. The van der Waals surface area contributed by atoms with Crippen LogP contribution >= 0.6 is 11.6 Å². The molecule has 2 nitrogen and oxygen atoms in total. The summed E-state index contributed by atoms with van der Waals surface area (Å²) in [6.07, 6.45) is -0.126. The number of halogens is 1. The fourth-order valence-corrected chi connectivity index (χ4v) is 1.74. The van der Waals surface area contributed by atoms with Gasteiger partial charge in [-0.15, -0.1) is 0 Å². The monoisotopic (exact) mass is 241 g/mol. The lowest BCUT2D eigenvalue weighted by Crippen LogP contribution is -2.33. The highest BCUT2D eigenvalue weighted by Gasteiger charge is 2.23. The van der Waals surface area contributed by atoms with Crippen molar-refractivity contribution in [3.8, 4) is 0 Å². The van der Waals surface area contributed by atoms with E-state index in [0.717, 1.165) is 5.56 Å². The van der Waals surface area contributed by atoms with Gasteiger partial charge in [-0.05, 0) is 45.4 Å². The average molecular weight is 242 g/mol. The van der Waals surface area contributed by atoms with Gasteiger partial charge in [-0.2, -0.15) is 0 Å². The molecule has 1 aromatic carbocycles. The number of hydrogen-bond donors (Lipinski definition) is 1. The van der Waals surface area contributed by atoms with Crippen molar-refractivity contribution in [3.05, 3.63) is 34.9 Å². The predicted octanol–water partition coefficient (Wildman–Crippen LogP) is 3.54. The molecule has 1 rings (SSSR count). The minimum Gasteiger partial charge on any atom is -0.366 e. The molecule has 1 aromatic rings. The van der Waals surface area contributed by atoms with E-state index >= 15 is 0 Å². The summed E-state index contributed by atoms with van der Waals surface area (Å²) in [4.78, 5) is 0. The highest BCUT2D eigenvalue weighted by molar-refractivity contribution is 6.30. The van der Waals surface area contributed by atoms with Crippen molar-refractivity contribution in [2.75, 3.05) is 0 Å². The molecule has 90 valence electrons. The van der Waals surface area contributed by atoms with Gasteiger partial charge in [0, 0.05) is 11.1 Å². The SMILES string of the molecule is CC(N)C(OC(C)(C)C)c1cccc(Cl)c1. The Bertz CT molecular complexity index is 344. The maximum atomic E-state index is 5.97. The zero-order valence-electron chi connectivity index (χ0n) is 10.3. The average Bonchev–Trinajstić information content (AvgIpc) is 2.12. The third kappa shape index (κ3) is 4.12. The predicted molar refractivity (Wildman–Crippen MR) is 68.7 cm³/mol. The van der Waals surface area contributed by atoms with Crippen molar-refractivity contribution in [2.24, 2.45) is 5.73 Å². The second-order valence-electron chi connectivity index (χ2n) is 5.06. The highest BCUT2D eigenvalue weighted by Crippen LogP contribution is 2.27. The van der Waals surface area contributed by atoms with Crippen LogP contribution in [0.1, 0.15) is 39.4 Å². The molecule has 0 saturated carbocycles. The van der Waals surface area contributed by atoms with E-state index in [9.17, 15) is 0 Å². The van der Waals surface area contributed by atoms with Crippen LogP contribution in [0.15, 0.2) is 24.3 Å². The highest BCUT2D eigenvalue weighted by atomic mass is 35.5. The van der Waals surface area contributed by atoms with Crippen LogP contribution in [0.4, 0.5) is 0 Å². The quantitative estimate of drug-likeness (QED) is 0.879. The zero-order chi connectivity index (χ0) is 12.3. The summed E-state index contributed by atoms with van der Waals surface area (Å²) in [7, 11) is 0. The third-order valence-corrected chi connectivity index (χ3v) is 2.37. The first-order valence-electron chi connectivity index (χ1n) is 5.48. The van der Waals surface area contributed by atoms with Gasteiger partial charge in [0.2, 0.25) is 0 Å². The Labute approximate surface area is 103 Å². The number of nitrogens with two attached hydrogens (primary N) is 1. The molecule has 0 amide bonds. The van der Waals surface area contributed by atoms with Crippen molar-refractivity contribution in [2.45, 2.75) is 45.4 Å². The van der Waals surface area contributed by atoms with Crippen LogP contribution in [0.2, 0.25) is 5.02 Å². The molecule has 3 heteroatoms. The Balaban J connectivity index is 2.94. The summed E-state index contributed by atoms with van der Waals surface area (Å²) in [6.45, 7) is 8.00. The molecule has 0 aliphatic carbocycles. The van der Waals surface area contributed by atoms with Gasteiger partial charge < -0.3 is 10.5 Å². The maximum absolute atomic E-state index is 5.97. The molecule has 0 aromatic heterocycles. The molecule has 0 radical (unpaired) electrons. The van der Waals surface area contributed by atoms with Crippen molar-refractivity contribution in [1.29, 1.82) is 0 Å². The van der Waals surface area contributed by atoms with Gasteiger partial charge in [-0.1, -0.05) is 23.7 Å². The summed E-state index contributed by atoms with van der Waals surface area (Å²) >= 11 is 5.97. The molecule has 2 unspecified atom stereocenters. The van der Waals surface area contributed by atoms with Gasteiger partial charge in [0.25, 0.3) is 0 Å². The molecule has 0 bridgehead atoms. The van der Waals surface area contributed by atoms with Crippen LogP contribution in [0.5, 0.6) is 0 Å². The van der Waals surface area contributed by atoms with E-state index in [-0.39, 0.29) is 17.7 Å². The van der Waals surface area contributed by atoms with Crippen molar-refractivity contribution in [1.82, 2.24) is 0 Å². The lowest BCUT2D eigenvalue weighted by atomic mass is 10.0. The number of hydrogen-bond acceptors (Lipinski definition) is 2. The molecule has 0 saturated heterocycles. The molecule has 0 fully saturated rings. The third-order valence-electron chi connectivity index (χ3n) is 2.14. The van der Waals surface area contributed by atoms with Crippen LogP contribution in [0, 0.1) is 0 Å². The largest absolute Gasteiger partial charge is 0.366 e. The van der Waals surface area contributed by atoms with Crippen molar-refractivity contribution >= 4 is 11.6 Å². The van der Waals surface area contributed by atoms with E-state index in [1.54, 1.807) is 0 Å². The Morgan fingerprint density at radius 2 is 1.94 bits per heavy atom. The van der Waals surface area contributed by atoms with E-state index in [2.05, 4.69) is 0 Å². The number of rotatable bonds is 3. The van der Waals surface area contributed by atoms with E-state index < -0.39 is 0 Å². The summed E-state index contributed by atoms with van der Waals surface area (Å²) < 4.78 is 5.96. The number of ether oxygens (including phenoxy) is 1. The van der Waals surface area contributed by atoms with Crippen LogP contribution in [-0.4, -0.2) is 11.6 Å². The van der Waals surface area contributed by atoms with Gasteiger partial charge in [0.1, 0.15) is 0 Å². The lowest BCUT2D eigenvalue weighted by molar-refractivity contribution is -0.0701. The molecule has 2 N–H and O–H groups in total. The normalized spacial score (nSPS) is 15.9. The van der Waals surface area contributed by atoms with Gasteiger partial charge in [0.15, 0.2) is 0 Å². The summed E-state index contributed by atoms with van der Waals surface area (Å²) in [5, 5.41) is 0.709. The van der Waals surface area contributed by atoms with Crippen LogP contribution < -0.4 is 5.73 Å². The van der Waals surface area contributed by atoms with E-state index in [1.165, 1.54) is 0 Å². The summed E-state index contributed by atoms with van der Waals surface area (Å²) in [6, 6.07) is 7.59. The van der Waals surface area contributed by atoms with Crippen LogP contribution in [0.3, 0.4) is 0 Å². The molecule has 2 atom stereocenters. The fraction of sp³-hybridized carbons (Fsp3) is 0.538. The van der Waals surface area contributed by atoms with E-state index in [4.69, 9.17) is 22.1 Å². The second kappa shape index (κ2) is 5.17. The molecule has 0 aliphatic heterocycles. The molecular weight excluding hydrogens is 222 g/mol. The lowest BCUT2D eigenvalue weighted by Gasteiger charge is -2.30. The Hall–Kier alpha value is -0.570. The Morgan fingerprint density at radius 3 is 2.38 bits per heavy atom. The maximum Gasteiger partial charge on any atom is 0.0980 e. The molecule has 0 aliphatic rings. The number of benzene rings is 1. The minimum absolute atomic E-state index is 0.0716. The Kier molecular flexibility index (Phi) is 4.36. The first-order chi connectivity index (χ1) is 7.29. The second-order valence-corrected chi connectivity index (χ2v) is 5.50. The topological polar surface area (TPSA) is 35.2 Å². The zero-order valence-corrected chi connectivity index (χ0v) is 11.1. The van der Waals surface area contributed by atoms with E-state index in [0.29, 0.717) is 5.02 Å². The standard InChI is InChI=1S/C13H20ClNO/c1-9(15)12(16-13(2,3)4)10-6-5-7-11(14)8-10/h5-9,12H,15H2,1-4H3. The molecular formula is C13H20ClNO. The van der Waals surface area contributed by atoms with Crippen molar-refractivity contribution < 1.29 is 4.74 Å². The van der Waals surface area contributed by atoms with Gasteiger partial charge in [-0.3, -0.25) is 0 Å². The van der Waals surface area contributed by atoms with Crippen LogP contribution in [-0.2, 0) is 4.74 Å². The van der Waals surface area contributed by atoms with Gasteiger partial charge >= 0.3 is 0 Å². The van der Waals surface area contributed by atoms with Gasteiger partial charge in [0.05, 0.1) is 11.7 Å². The Morgan fingerprint density at radius 1 is 1.31 bits per heavy atom. The summed E-state index contributed by atoms with van der Waals surface area (Å²) in [5.41, 5.74) is 6.76. The molecule has 0 heterocycles. The minimum atomic E-state index is -0.222. The first kappa shape index (κ1) is 13.5. The van der Waals surface area contributed by atoms with E-state index in [1.807, 2.05) is 52.0 Å². The smallest absolute Gasteiger partial charge is 0.0980 e.